The first kappa shape index (κ1) is 30.6. The Labute approximate surface area is 198 Å². The number of hydrogen-bond donors (Lipinski definition) is 8. The molecule has 0 aliphatic rings. The van der Waals surface area contributed by atoms with Gasteiger partial charge >= 0.3 is 5.97 Å². The Hall–Kier alpha value is -3.42. The van der Waals surface area contributed by atoms with E-state index in [0.29, 0.717) is 19.4 Å². The molecule has 194 valence electrons. The molecule has 5 unspecified atom stereocenters. The first-order valence-corrected chi connectivity index (χ1v) is 11.0. The number of nitrogens with zero attached hydrogens (tertiary/aromatic N) is 1. The molecule has 0 aliphatic heterocycles. The van der Waals surface area contributed by atoms with Crippen molar-refractivity contribution >= 4 is 35.6 Å². The van der Waals surface area contributed by atoms with Gasteiger partial charge in [0.15, 0.2) is 5.96 Å². The lowest BCUT2D eigenvalue weighted by Crippen LogP contribution is -2.58. The van der Waals surface area contributed by atoms with E-state index in [0.717, 1.165) is 0 Å². The molecular formula is C20H38N8O6. The number of carbonyl (C=O) groups is 5. The highest BCUT2D eigenvalue weighted by Crippen LogP contribution is 2.10. The van der Waals surface area contributed by atoms with Crippen LogP contribution in [0.3, 0.4) is 0 Å². The average Bonchev–Trinajstić information content (AvgIpc) is 2.76. The standard InChI is InChI=1S/C20H38N8O6/c1-4-10(2)15(28-16(30)12(21)6-5-9-25-20(23)24)18(32)27-13(7-8-14(22)29)17(31)26-11(3)19(33)34/h10-13,15H,4-9,21H2,1-3H3,(H2,22,29)(H,26,31)(H,27,32)(H,28,30)(H,33,34)(H4,23,24,25). The third-order valence-electron chi connectivity index (χ3n) is 5.14. The van der Waals surface area contributed by atoms with E-state index in [1.807, 2.05) is 6.92 Å². The molecule has 0 rings (SSSR count). The fourth-order valence-corrected chi connectivity index (χ4v) is 2.81. The van der Waals surface area contributed by atoms with Crippen LogP contribution in [0, 0.1) is 5.92 Å². The summed E-state index contributed by atoms with van der Waals surface area (Å²) in [5, 5.41) is 16.3. The molecule has 0 aromatic heterocycles. The van der Waals surface area contributed by atoms with E-state index in [1.165, 1.54) is 6.92 Å². The molecule has 34 heavy (non-hydrogen) atoms. The van der Waals surface area contributed by atoms with Gasteiger partial charge in [0.2, 0.25) is 23.6 Å². The molecule has 0 saturated heterocycles. The first-order valence-electron chi connectivity index (χ1n) is 11.0. The van der Waals surface area contributed by atoms with Gasteiger partial charge in [-0.25, -0.2) is 0 Å². The molecule has 0 heterocycles. The van der Waals surface area contributed by atoms with Gasteiger partial charge in [0.1, 0.15) is 18.1 Å². The van der Waals surface area contributed by atoms with Crippen molar-refractivity contribution in [2.24, 2.45) is 33.8 Å². The molecular weight excluding hydrogens is 448 g/mol. The number of nitrogens with two attached hydrogens (primary N) is 4. The SMILES string of the molecule is CCC(C)C(NC(=O)C(N)CCCN=C(N)N)C(=O)NC(CCC(N)=O)C(=O)NC(C)C(=O)O. The van der Waals surface area contributed by atoms with Crippen molar-refractivity contribution in [2.75, 3.05) is 6.54 Å². The van der Waals surface area contributed by atoms with Crippen LogP contribution in [0.2, 0.25) is 0 Å². The van der Waals surface area contributed by atoms with Gasteiger partial charge in [0.25, 0.3) is 0 Å². The number of aliphatic imine (C=N–C) groups is 1. The summed E-state index contributed by atoms with van der Waals surface area (Å²) < 4.78 is 0. The van der Waals surface area contributed by atoms with E-state index in [-0.39, 0.29) is 31.1 Å². The summed E-state index contributed by atoms with van der Waals surface area (Å²) in [6.07, 6.45) is 0.871. The molecule has 0 spiro atoms. The van der Waals surface area contributed by atoms with Gasteiger partial charge in [-0.05, 0) is 32.1 Å². The maximum absolute atomic E-state index is 13.0. The third-order valence-corrected chi connectivity index (χ3v) is 5.14. The summed E-state index contributed by atoms with van der Waals surface area (Å²) in [6, 6.07) is -4.40. The van der Waals surface area contributed by atoms with Crippen LogP contribution in [-0.2, 0) is 24.0 Å². The zero-order chi connectivity index (χ0) is 26.4. The van der Waals surface area contributed by atoms with Gasteiger partial charge in [0, 0.05) is 13.0 Å². The number of carbonyl (C=O) groups excluding carboxylic acids is 4. The van der Waals surface area contributed by atoms with Crippen LogP contribution in [0.5, 0.6) is 0 Å². The van der Waals surface area contributed by atoms with Crippen LogP contribution < -0.4 is 38.9 Å². The lowest BCUT2D eigenvalue weighted by Gasteiger charge is -2.27. The Morgan fingerprint density at radius 1 is 0.912 bits per heavy atom. The summed E-state index contributed by atoms with van der Waals surface area (Å²) in [7, 11) is 0. The molecule has 0 aromatic rings. The number of nitrogens with one attached hydrogen (secondary N) is 3. The fraction of sp³-hybridized carbons (Fsp3) is 0.700. The Balaban J connectivity index is 5.35. The maximum Gasteiger partial charge on any atom is 0.325 e. The average molecular weight is 487 g/mol. The molecule has 5 atom stereocenters. The molecule has 0 aliphatic carbocycles. The Kier molecular flexibility index (Phi) is 13.9. The van der Waals surface area contributed by atoms with E-state index >= 15 is 0 Å². The van der Waals surface area contributed by atoms with E-state index in [2.05, 4.69) is 20.9 Å². The highest BCUT2D eigenvalue weighted by molar-refractivity contribution is 5.94. The zero-order valence-electron chi connectivity index (χ0n) is 19.9. The number of amides is 4. The molecule has 0 radical (unpaired) electrons. The molecule has 0 fully saturated rings. The van der Waals surface area contributed by atoms with Crippen LogP contribution in [0.4, 0.5) is 0 Å². The quantitative estimate of drug-likeness (QED) is 0.0637. The van der Waals surface area contributed by atoms with Crippen LogP contribution in [-0.4, -0.2) is 71.4 Å². The van der Waals surface area contributed by atoms with E-state index in [4.69, 9.17) is 28.0 Å². The number of rotatable bonds is 16. The summed E-state index contributed by atoms with van der Waals surface area (Å²) in [5.41, 5.74) is 21.6. The van der Waals surface area contributed by atoms with Crippen LogP contribution in [0.15, 0.2) is 4.99 Å². The first-order chi connectivity index (χ1) is 15.8. The number of guanidine groups is 1. The summed E-state index contributed by atoms with van der Waals surface area (Å²) in [6.45, 7) is 5.10. The van der Waals surface area contributed by atoms with Crippen molar-refractivity contribution < 1.29 is 29.1 Å². The molecule has 0 saturated carbocycles. The third kappa shape index (κ3) is 12.0. The van der Waals surface area contributed by atoms with E-state index in [1.54, 1.807) is 6.92 Å². The number of carboxylic acids is 1. The van der Waals surface area contributed by atoms with E-state index < -0.39 is 53.8 Å². The molecule has 4 amide bonds. The highest BCUT2D eigenvalue weighted by Gasteiger charge is 2.31. The molecule has 0 aromatic carbocycles. The largest absolute Gasteiger partial charge is 0.480 e. The normalized spacial score (nSPS) is 15.1. The Morgan fingerprint density at radius 2 is 1.53 bits per heavy atom. The van der Waals surface area contributed by atoms with Crippen molar-refractivity contribution in [3.8, 4) is 0 Å². The predicted octanol–water partition coefficient (Wildman–Crippen LogP) is -2.76. The van der Waals surface area contributed by atoms with Crippen molar-refractivity contribution in [2.45, 2.75) is 77.0 Å². The van der Waals surface area contributed by atoms with Crippen LogP contribution >= 0.6 is 0 Å². The Morgan fingerprint density at radius 3 is 2.03 bits per heavy atom. The number of primary amides is 1. The molecule has 12 N–H and O–H groups in total. The van der Waals surface area contributed by atoms with Crippen molar-refractivity contribution in [3.63, 3.8) is 0 Å². The molecule has 0 bridgehead atoms. The number of hydrogen-bond acceptors (Lipinski definition) is 7. The summed E-state index contributed by atoms with van der Waals surface area (Å²) >= 11 is 0. The van der Waals surface area contributed by atoms with Gasteiger partial charge in [-0.1, -0.05) is 20.3 Å². The van der Waals surface area contributed by atoms with Crippen molar-refractivity contribution in [1.82, 2.24) is 16.0 Å². The van der Waals surface area contributed by atoms with Crippen molar-refractivity contribution in [3.05, 3.63) is 0 Å². The van der Waals surface area contributed by atoms with Crippen molar-refractivity contribution in [1.29, 1.82) is 0 Å². The summed E-state index contributed by atoms with van der Waals surface area (Å²) in [5.74, 6) is -4.40. The number of aliphatic carboxylic acids is 1. The van der Waals surface area contributed by atoms with Gasteiger partial charge in [-0.15, -0.1) is 0 Å². The lowest BCUT2D eigenvalue weighted by molar-refractivity contribution is -0.142. The second-order valence-corrected chi connectivity index (χ2v) is 8.06. The van der Waals surface area contributed by atoms with Gasteiger partial charge in [-0.2, -0.15) is 0 Å². The smallest absolute Gasteiger partial charge is 0.325 e. The molecule has 14 heteroatoms. The van der Waals surface area contributed by atoms with Gasteiger partial charge in [0.05, 0.1) is 6.04 Å². The Bertz CT molecular complexity index is 755. The number of carboxylic acid groups (broad SMARTS) is 1. The lowest BCUT2D eigenvalue weighted by atomic mass is 9.96. The fourth-order valence-electron chi connectivity index (χ4n) is 2.81. The second kappa shape index (κ2) is 15.4. The van der Waals surface area contributed by atoms with E-state index in [9.17, 15) is 24.0 Å². The summed E-state index contributed by atoms with van der Waals surface area (Å²) in [4.78, 5) is 64.1. The monoisotopic (exact) mass is 486 g/mol. The zero-order valence-corrected chi connectivity index (χ0v) is 19.9. The highest BCUT2D eigenvalue weighted by atomic mass is 16.4. The van der Waals surface area contributed by atoms with Crippen LogP contribution in [0.25, 0.3) is 0 Å². The minimum absolute atomic E-state index is 0.0702. The van der Waals surface area contributed by atoms with Gasteiger partial charge < -0.3 is 44.0 Å². The second-order valence-electron chi connectivity index (χ2n) is 8.06. The minimum atomic E-state index is -1.27. The van der Waals surface area contributed by atoms with Crippen LogP contribution in [0.1, 0.15) is 52.9 Å². The maximum atomic E-state index is 13.0. The molecule has 14 nitrogen and oxygen atoms in total. The van der Waals surface area contributed by atoms with Gasteiger partial charge in [-0.3, -0.25) is 29.0 Å². The minimum Gasteiger partial charge on any atom is -0.480 e. The topological polar surface area (TPSA) is 258 Å². The predicted molar refractivity (Wildman–Crippen MR) is 125 cm³/mol.